The normalized spacial score (nSPS) is 10.4. The van der Waals surface area contributed by atoms with Crippen molar-refractivity contribution in [1.82, 2.24) is 0 Å². The van der Waals surface area contributed by atoms with E-state index >= 15 is 0 Å². The molecule has 0 aromatic heterocycles. The Hall–Kier alpha value is -1.61. The van der Waals surface area contributed by atoms with Gasteiger partial charge in [-0.25, -0.2) is 8.78 Å². The molecular weight excluding hydrogens is 256 g/mol. The van der Waals surface area contributed by atoms with Crippen molar-refractivity contribution in [3.8, 4) is 0 Å². The Morgan fingerprint density at radius 3 is 2.56 bits per heavy atom. The minimum absolute atomic E-state index is 0.213. The molecule has 4 heteroatoms. The van der Waals surface area contributed by atoms with Crippen LogP contribution in [-0.2, 0) is 6.54 Å². The van der Waals surface area contributed by atoms with E-state index in [4.69, 9.17) is 11.6 Å². The Labute approximate surface area is 109 Å². The van der Waals surface area contributed by atoms with Crippen LogP contribution in [0.1, 0.15) is 11.1 Å². The van der Waals surface area contributed by atoms with E-state index < -0.39 is 5.82 Å². The highest BCUT2D eigenvalue weighted by atomic mass is 35.5. The Bertz CT molecular complexity index is 549. The van der Waals surface area contributed by atoms with Gasteiger partial charge in [0.1, 0.15) is 11.6 Å². The summed E-state index contributed by atoms with van der Waals surface area (Å²) in [5.41, 5.74) is 1.62. The van der Waals surface area contributed by atoms with Gasteiger partial charge in [0.25, 0.3) is 0 Å². The zero-order valence-electron chi connectivity index (χ0n) is 9.81. The van der Waals surface area contributed by atoms with Crippen LogP contribution in [0, 0.1) is 18.6 Å². The van der Waals surface area contributed by atoms with Crippen LogP contribution in [0.4, 0.5) is 14.5 Å². The summed E-state index contributed by atoms with van der Waals surface area (Å²) in [4.78, 5) is 0. The topological polar surface area (TPSA) is 12.0 Å². The summed E-state index contributed by atoms with van der Waals surface area (Å²) < 4.78 is 27.1. The van der Waals surface area contributed by atoms with Crippen molar-refractivity contribution in [3.05, 3.63) is 64.2 Å². The van der Waals surface area contributed by atoms with Crippen molar-refractivity contribution in [2.24, 2.45) is 0 Å². The minimum atomic E-state index is -0.399. The van der Waals surface area contributed by atoms with Crippen LogP contribution in [-0.4, -0.2) is 0 Å². The second-order valence-electron chi connectivity index (χ2n) is 4.02. The van der Waals surface area contributed by atoms with Crippen LogP contribution in [0.2, 0.25) is 5.02 Å². The van der Waals surface area contributed by atoms with E-state index in [-0.39, 0.29) is 12.4 Å². The zero-order valence-corrected chi connectivity index (χ0v) is 10.6. The van der Waals surface area contributed by atoms with Gasteiger partial charge in [-0.15, -0.1) is 0 Å². The van der Waals surface area contributed by atoms with Crippen molar-refractivity contribution in [2.75, 3.05) is 5.32 Å². The van der Waals surface area contributed by atoms with E-state index in [0.29, 0.717) is 16.3 Å². The zero-order chi connectivity index (χ0) is 13.1. The van der Waals surface area contributed by atoms with Gasteiger partial charge in [0.2, 0.25) is 0 Å². The summed E-state index contributed by atoms with van der Waals surface area (Å²) in [6, 6.07) is 9.24. The van der Waals surface area contributed by atoms with E-state index in [0.717, 1.165) is 5.56 Å². The predicted molar refractivity (Wildman–Crippen MR) is 69.9 cm³/mol. The standard InChI is InChI=1S/C14H12ClF2N/c1-9-3-2-4-12(16)14(9)18-8-10-5-6-11(15)7-13(10)17/h2-7,18H,8H2,1H3. The summed E-state index contributed by atoms with van der Waals surface area (Å²) in [6.45, 7) is 2.01. The van der Waals surface area contributed by atoms with Gasteiger partial charge in [0.15, 0.2) is 0 Å². The molecule has 0 saturated heterocycles. The molecule has 0 heterocycles. The van der Waals surface area contributed by atoms with Crippen molar-refractivity contribution < 1.29 is 8.78 Å². The molecule has 0 saturated carbocycles. The molecule has 0 bridgehead atoms. The fourth-order valence-electron chi connectivity index (χ4n) is 1.70. The molecule has 1 N–H and O–H groups in total. The third kappa shape index (κ3) is 2.79. The number of para-hydroxylation sites is 1. The van der Waals surface area contributed by atoms with Crippen LogP contribution in [0.3, 0.4) is 0 Å². The second-order valence-corrected chi connectivity index (χ2v) is 4.46. The van der Waals surface area contributed by atoms with Crippen molar-refractivity contribution in [1.29, 1.82) is 0 Å². The highest BCUT2D eigenvalue weighted by Gasteiger charge is 2.07. The smallest absolute Gasteiger partial charge is 0.146 e. The Morgan fingerprint density at radius 1 is 1.11 bits per heavy atom. The molecule has 0 fully saturated rings. The number of rotatable bonds is 3. The maximum Gasteiger partial charge on any atom is 0.146 e. The van der Waals surface area contributed by atoms with Gasteiger partial charge in [-0.2, -0.15) is 0 Å². The molecule has 2 aromatic carbocycles. The van der Waals surface area contributed by atoms with E-state index in [2.05, 4.69) is 5.32 Å². The molecule has 1 nitrogen and oxygen atoms in total. The summed E-state index contributed by atoms with van der Waals surface area (Å²) in [6.07, 6.45) is 0. The lowest BCUT2D eigenvalue weighted by Gasteiger charge is -2.11. The molecule has 0 aliphatic heterocycles. The van der Waals surface area contributed by atoms with Gasteiger partial charge >= 0.3 is 0 Å². The molecule has 0 aliphatic rings. The monoisotopic (exact) mass is 267 g/mol. The van der Waals surface area contributed by atoms with Gasteiger partial charge in [-0.05, 0) is 30.7 Å². The number of halogens is 3. The van der Waals surface area contributed by atoms with E-state index in [1.165, 1.54) is 12.1 Å². The fraction of sp³-hybridized carbons (Fsp3) is 0.143. The van der Waals surface area contributed by atoms with Crippen molar-refractivity contribution in [2.45, 2.75) is 13.5 Å². The molecule has 0 aliphatic carbocycles. The lowest BCUT2D eigenvalue weighted by atomic mass is 10.1. The van der Waals surface area contributed by atoms with E-state index in [1.807, 2.05) is 0 Å². The maximum atomic E-state index is 13.5. The first-order valence-electron chi connectivity index (χ1n) is 5.51. The molecule has 0 spiro atoms. The van der Waals surface area contributed by atoms with Crippen LogP contribution in [0.15, 0.2) is 36.4 Å². The molecule has 0 atom stereocenters. The van der Waals surface area contributed by atoms with Gasteiger partial charge in [-0.1, -0.05) is 29.8 Å². The second kappa shape index (κ2) is 5.36. The third-order valence-corrected chi connectivity index (χ3v) is 2.93. The van der Waals surface area contributed by atoms with Crippen LogP contribution in [0.5, 0.6) is 0 Å². The number of hydrogen-bond acceptors (Lipinski definition) is 1. The highest BCUT2D eigenvalue weighted by Crippen LogP contribution is 2.21. The summed E-state index contributed by atoms with van der Waals surface area (Å²) in [7, 11) is 0. The van der Waals surface area contributed by atoms with Gasteiger partial charge < -0.3 is 5.32 Å². The Morgan fingerprint density at radius 2 is 1.89 bits per heavy atom. The lowest BCUT2D eigenvalue weighted by molar-refractivity contribution is 0.610. The third-order valence-electron chi connectivity index (χ3n) is 2.69. The summed E-state index contributed by atoms with van der Waals surface area (Å²) >= 11 is 5.66. The van der Waals surface area contributed by atoms with Gasteiger partial charge in [0.05, 0.1) is 5.69 Å². The number of nitrogens with one attached hydrogen (secondary N) is 1. The maximum absolute atomic E-state index is 13.5. The van der Waals surface area contributed by atoms with Crippen LogP contribution in [0.25, 0.3) is 0 Å². The van der Waals surface area contributed by atoms with Crippen LogP contribution >= 0.6 is 11.6 Å². The van der Waals surface area contributed by atoms with Crippen molar-refractivity contribution >= 4 is 17.3 Å². The Balaban J connectivity index is 2.16. The largest absolute Gasteiger partial charge is 0.378 e. The van der Waals surface area contributed by atoms with Crippen molar-refractivity contribution in [3.63, 3.8) is 0 Å². The van der Waals surface area contributed by atoms with Crippen LogP contribution < -0.4 is 5.32 Å². The SMILES string of the molecule is Cc1cccc(F)c1NCc1ccc(Cl)cc1F. The first kappa shape index (κ1) is 12.8. The number of benzene rings is 2. The number of hydrogen-bond donors (Lipinski definition) is 1. The lowest BCUT2D eigenvalue weighted by Crippen LogP contribution is -2.04. The van der Waals surface area contributed by atoms with Gasteiger partial charge in [-0.3, -0.25) is 0 Å². The summed E-state index contributed by atoms with van der Waals surface area (Å²) in [5.74, 6) is -0.742. The first-order valence-corrected chi connectivity index (χ1v) is 5.88. The Kier molecular flexibility index (Phi) is 3.82. The number of aryl methyl sites for hydroxylation is 1. The molecule has 18 heavy (non-hydrogen) atoms. The molecule has 0 unspecified atom stereocenters. The quantitative estimate of drug-likeness (QED) is 0.861. The molecule has 0 radical (unpaired) electrons. The molecule has 2 rings (SSSR count). The highest BCUT2D eigenvalue weighted by molar-refractivity contribution is 6.30. The molecule has 0 amide bonds. The molecular formula is C14H12ClF2N. The fourth-order valence-corrected chi connectivity index (χ4v) is 1.86. The minimum Gasteiger partial charge on any atom is -0.378 e. The average Bonchev–Trinajstić information content (AvgIpc) is 2.31. The first-order chi connectivity index (χ1) is 8.58. The molecule has 2 aromatic rings. The summed E-state index contributed by atoms with van der Waals surface area (Å²) in [5, 5.41) is 3.25. The average molecular weight is 268 g/mol. The van der Waals surface area contributed by atoms with E-state index in [9.17, 15) is 8.78 Å². The predicted octanol–water partition coefficient (Wildman–Crippen LogP) is 4.54. The molecule has 94 valence electrons. The van der Waals surface area contributed by atoms with Gasteiger partial charge in [0, 0.05) is 17.1 Å². The number of anilines is 1. The van der Waals surface area contributed by atoms with E-state index in [1.54, 1.807) is 31.2 Å².